The van der Waals surface area contributed by atoms with Gasteiger partial charge in [-0.3, -0.25) is 0 Å². The van der Waals surface area contributed by atoms with Crippen molar-refractivity contribution >= 4 is 0 Å². The van der Waals surface area contributed by atoms with Crippen molar-refractivity contribution in [3.05, 3.63) is 11.8 Å². The lowest BCUT2D eigenvalue weighted by Gasteiger charge is -2.13. The van der Waals surface area contributed by atoms with Gasteiger partial charge in [0.1, 0.15) is 5.75 Å². The first-order valence-electron chi connectivity index (χ1n) is 4.09. The largest absolute Gasteiger partial charge is 0.574 e. The second-order valence-electron chi connectivity index (χ2n) is 2.71. The topological polar surface area (TPSA) is 77.6 Å². The van der Waals surface area contributed by atoms with Gasteiger partial charge in [-0.05, 0) is 0 Å². The highest BCUT2D eigenvalue weighted by Crippen LogP contribution is 2.36. The molecule has 90 valence electrons. The molecule has 1 rings (SSSR count). The third-order valence-corrected chi connectivity index (χ3v) is 1.72. The molecule has 0 saturated heterocycles. The Kier molecular flexibility index (Phi) is 3.43. The molecule has 0 fully saturated rings. The Balaban J connectivity index is 3.14. The number of pyridine rings is 1. The fourth-order valence-corrected chi connectivity index (χ4v) is 1.06. The van der Waals surface area contributed by atoms with Crippen LogP contribution in [0, 0.1) is 0 Å². The maximum absolute atomic E-state index is 11.9. The molecule has 0 aliphatic rings. The number of hydrogen-bond donors (Lipinski definition) is 2. The maximum Gasteiger partial charge on any atom is 0.574 e. The van der Waals surface area contributed by atoms with E-state index in [4.69, 9.17) is 10.5 Å². The van der Waals surface area contributed by atoms with Crippen molar-refractivity contribution in [3.63, 3.8) is 0 Å². The molecule has 0 unspecified atom stereocenters. The van der Waals surface area contributed by atoms with Crippen LogP contribution in [0.4, 0.5) is 13.2 Å². The number of hydrogen-bond acceptors (Lipinski definition) is 5. The molecular weight excluding hydrogens is 229 g/mol. The molecule has 0 spiro atoms. The van der Waals surface area contributed by atoms with E-state index in [2.05, 4.69) is 9.72 Å². The number of aromatic hydroxyl groups is 1. The number of nitrogens with two attached hydrogens (primary N) is 1. The van der Waals surface area contributed by atoms with E-state index in [-0.39, 0.29) is 17.9 Å². The smallest absolute Gasteiger partial charge is 0.503 e. The zero-order valence-electron chi connectivity index (χ0n) is 8.21. The van der Waals surface area contributed by atoms with E-state index >= 15 is 0 Å². The molecule has 5 nitrogen and oxygen atoms in total. The van der Waals surface area contributed by atoms with Crippen LogP contribution in [0.5, 0.6) is 17.4 Å². The zero-order chi connectivity index (χ0) is 12.3. The van der Waals surface area contributed by atoms with Gasteiger partial charge in [-0.25, -0.2) is 4.98 Å². The first-order chi connectivity index (χ1) is 7.39. The molecule has 0 bridgehead atoms. The lowest BCUT2D eigenvalue weighted by molar-refractivity contribution is -0.276. The maximum atomic E-state index is 11.9. The average Bonchev–Trinajstić information content (AvgIpc) is 2.19. The van der Waals surface area contributed by atoms with Gasteiger partial charge in [0, 0.05) is 6.54 Å². The number of alkyl halides is 3. The van der Waals surface area contributed by atoms with Crippen molar-refractivity contribution in [1.29, 1.82) is 0 Å². The van der Waals surface area contributed by atoms with E-state index < -0.39 is 18.0 Å². The van der Waals surface area contributed by atoms with Crippen LogP contribution < -0.4 is 15.2 Å². The molecule has 1 aromatic heterocycles. The van der Waals surface area contributed by atoms with Crippen LogP contribution in [0.25, 0.3) is 0 Å². The lowest BCUT2D eigenvalue weighted by atomic mass is 10.2. The van der Waals surface area contributed by atoms with Gasteiger partial charge in [-0.1, -0.05) is 0 Å². The first kappa shape index (κ1) is 12.4. The van der Waals surface area contributed by atoms with Gasteiger partial charge >= 0.3 is 6.36 Å². The third-order valence-electron chi connectivity index (χ3n) is 1.72. The standard InChI is InChI=1S/C8H9F3N2O3/c1-15-5-3-13-7(16-8(9,10)11)6(14)4(5)2-12/h3,14H,2,12H2,1H3. The molecule has 0 amide bonds. The van der Waals surface area contributed by atoms with E-state index in [1.54, 1.807) is 0 Å². The summed E-state index contributed by atoms with van der Waals surface area (Å²) < 4.78 is 44.0. The summed E-state index contributed by atoms with van der Waals surface area (Å²) >= 11 is 0. The van der Waals surface area contributed by atoms with Crippen molar-refractivity contribution in [2.45, 2.75) is 12.9 Å². The first-order valence-corrected chi connectivity index (χ1v) is 4.09. The Labute approximate surface area is 88.6 Å². The minimum Gasteiger partial charge on any atom is -0.503 e. The predicted octanol–water partition coefficient (Wildman–Crippen LogP) is 1.15. The Morgan fingerprint density at radius 3 is 2.56 bits per heavy atom. The van der Waals surface area contributed by atoms with Gasteiger partial charge < -0.3 is 20.3 Å². The molecule has 1 heterocycles. The summed E-state index contributed by atoms with van der Waals surface area (Å²) in [6.45, 7) is -0.203. The highest BCUT2D eigenvalue weighted by Gasteiger charge is 2.34. The van der Waals surface area contributed by atoms with E-state index in [0.29, 0.717) is 0 Å². The third kappa shape index (κ3) is 2.66. The van der Waals surface area contributed by atoms with Crippen LogP contribution in [-0.4, -0.2) is 23.6 Å². The average molecular weight is 238 g/mol. The van der Waals surface area contributed by atoms with Crippen LogP contribution in [0.15, 0.2) is 6.20 Å². The Morgan fingerprint density at radius 2 is 2.12 bits per heavy atom. The number of aromatic nitrogens is 1. The summed E-state index contributed by atoms with van der Waals surface area (Å²) in [7, 11) is 1.28. The molecule has 0 aliphatic heterocycles. The summed E-state index contributed by atoms with van der Waals surface area (Å²) in [6, 6.07) is 0. The van der Waals surface area contributed by atoms with Crippen molar-refractivity contribution < 1.29 is 27.8 Å². The predicted molar refractivity (Wildman–Crippen MR) is 47.0 cm³/mol. The molecule has 0 aromatic carbocycles. The van der Waals surface area contributed by atoms with Gasteiger partial charge in [0.15, 0.2) is 5.75 Å². The number of rotatable bonds is 3. The van der Waals surface area contributed by atoms with E-state index in [0.717, 1.165) is 6.20 Å². The van der Waals surface area contributed by atoms with Crippen LogP contribution in [0.1, 0.15) is 5.56 Å². The number of methoxy groups -OCH3 is 1. The van der Waals surface area contributed by atoms with Gasteiger partial charge in [0.25, 0.3) is 5.88 Å². The van der Waals surface area contributed by atoms with Gasteiger partial charge in [-0.2, -0.15) is 0 Å². The molecule has 3 N–H and O–H groups in total. The molecule has 0 aliphatic carbocycles. The zero-order valence-corrected chi connectivity index (χ0v) is 8.21. The molecule has 8 heteroatoms. The molecule has 0 saturated carbocycles. The highest BCUT2D eigenvalue weighted by molar-refractivity contribution is 5.48. The van der Waals surface area contributed by atoms with E-state index in [1.165, 1.54) is 7.11 Å². The van der Waals surface area contributed by atoms with Crippen LogP contribution in [0.3, 0.4) is 0 Å². The minimum atomic E-state index is -4.93. The summed E-state index contributed by atoms with van der Waals surface area (Å²) in [4.78, 5) is 3.27. The minimum absolute atomic E-state index is 0.00301. The lowest BCUT2D eigenvalue weighted by Crippen LogP contribution is -2.18. The fraction of sp³-hybridized carbons (Fsp3) is 0.375. The summed E-state index contributed by atoms with van der Waals surface area (Å²) in [5.41, 5.74) is 5.25. The monoisotopic (exact) mass is 238 g/mol. The quantitative estimate of drug-likeness (QED) is 0.826. The SMILES string of the molecule is COc1cnc(OC(F)(F)F)c(O)c1CN. The molecule has 16 heavy (non-hydrogen) atoms. The normalized spacial score (nSPS) is 11.3. The second-order valence-corrected chi connectivity index (χ2v) is 2.71. The van der Waals surface area contributed by atoms with Gasteiger partial charge in [0.2, 0.25) is 0 Å². The highest BCUT2D eigenvalue weighted by atomic mass is 19.4. The van der Waals surface area contributed by atoms with Gasteiger partial charge in [0.05, 0.1) is 18.9 Å². The molecule has 0 atom stereocenters. The van der Waals surface area contributed by atoms with E-state index in [9.17, 15) is 18.3 Å². The Morgan fingerprint density at radius 1 is 1.50 bits per heavy atom. The number of nitrogens with zero attached hydrogens (tertiary/aromatic N) is 1. The Hall–Kier alpha value is -1.70. The van der Waals surface area contributed by atoms with Crippen molar-refractivity contribution in [1.82, 2.24) is 4.98 Å². The van der Waals surface area contributed by atoms with E-state index in [1.807, 2.05) is 0 Å². The van der Waals surface area contributed by atoms with Gasteiger partial charge in [-0.15, -0.1) is 13.2 Å². The summed E-state index contributed by atoms with van der Waals surface area (Å²) in [5.74, 6) is -1.64. The molecule has 0 radical (unpaired) electrons. The summed E-state index contributed by atoms with van der Waals surface area (Å²) in [5, 5.41) is 9.42. The van der Waals surface area contributed by atoms with Crippen LogP contribution >= 0.6 is 0 Å². The number of halogens is 3. The number of ether oxygens (including phenoxy) is 2. The summed E-state index contributed by atoms with van der Waals surface area (Å²) in [6.07, 6.45) is -3.94. The van der Waals surface area contributed by atoms with Crippen molar-refractivity contribution in [2.24, 2.45) is 5.73 Å². The fourth-order valence-electron chi connectivity index (χ4n) is 1.06. The molecule has 1 aromatic rings. The molecular formula is C8H9F3N2O3. The van der Waals surface area contributed by atoms with Crippen molar-refractivity contribution in [3.8, 4) is 17.4 Å². The Bertz CT molecular complexity index is 382. The van der Waals surface area contributed by atoms with Crippen molar-refractivity contribution in [2.75, 3.05) is 7.11 Å². The second kappa shape index (κ2) is 4.44. The van der Waals surface area contributed by atoms with Crippen LogP contribution in [-0.2, 0) is 6.54 Å². The van der Waals surface area contributed by atoms with Crippen LogP contribution in [0.2, 0.25) is 0 Å².